The molecule has 0 aliphatic carbocycles. The topological polar surface area (TPSA) is 0 Å². The van der Waals surface area contributed by atoms with E-state index >= 15 is 0 Å². The largest absolute Gasteiger partial charge is 0.203 e. The predicted octanol–water partition coefficient (Wildman–Crippen LogP) is 3.94. The molecule has 0 saturated heterocycles. The quantitative estimate of drug-likeness (QED) is 0.456. The predicted molar refractivity (Wildman–Crippen MR) is 100 cm³/mol. The van der Waals surface area contributed by atoms with Crippen LogP contribution in [0.2, 0.25) is 6.04 Å². The molecule has 0 heterocycles. The molecular weight excluding hydrogens is 280 g/mol. The second kappa shape index (κ2) is 7.11. The number of hydrogen-bond acceptors (Lipinski definition) is 0. The van der Waals surface area contributed by atoms with E-state index in [0.717, 1.165) is 11.6 Å². The molecule has 0 unspecified atom stereocenters. The van der Waals surface area contributed by atoms with Crippen LogP contribution in [-0.4, -0.2) is 8.07 Å². The molecule has 0 radical (unpaired) electrons. The Labute approximate surface area is 135 Å². The standard InChI is InChI=1S/C21H22Si/c1-18(2)15-16-22(17-19(3)4,20-11-7-5-8-12-20)21-13-9-6-10-14-21/h5-14H,1,3,17H2,2,4H3. The van der Waals surface area contributed by atoms with Crippen molar-refractivity contribution in [2.75, 3.05) is 0 Å². The van der Waals surface area contributed by atoms with Gasteiger partial charge >= 0.3 is 0 Å². The minimum absolute atomic E-state index is 0.908. The third kappa shape index (κ3) is 3.66. The Balaban J connectivity index is 2.72. The van der Waals surface area contributed by atoms with Crippen molar-refractivity contribution < 1.29 is 0 Å². The highest BCUT2D eigenvalue weighted by molar-refractivity contribution is 7.08. The van der Waals surface area contributed by atoms with E-state index in [0.29, 0.717) is 0 Å². The summed E-state index contributed by atoms with van der Waals surface area (Å²) in [5.41, 5.74) is 5.71. The second-order valence-corrected chi connectivity index (χ2v) is 9.37. The molecule has 0 aromatic heterocycles. The van der Waals surface area contributed by atoms with Crippen LogP contribution in [0, 0.1) is 11.5 Å². The Morgan fingerprint density at radius 3 is 1.68 bits per heavy atom. The van der Waals surface area contributed by atoms with E-state index in [9.17, 15) is 0 Å². The summed E-state index contributed by atoms with van der Waals surface area (Å²) >= 11 is 0. The maximum Gasteiger partial charge on any atom is 0.203 e. The van der Waals surface area contributed by atoms with Crippen molar-refractivity contribution in [2.45, 2.75) is 19.9 Å². The monoisotopic (exact) mass is 302 g/mol. The number of benzene rings is 2. The summed E-state index contributed by atoms with van der Waals surface area (Å²) in [5.74, 6) is 3.26. The van der Waals surface area contributed by atoms with Crippen molar-refractivity contribution in [3.8, 4) is 11.5 Å². The molecule has 110 valence electrons. The van der Waals surface area contributed by atoms with Crippen LogP contribution in [0.5, 0.6) is 0 Å². The molecule has 0 nitrogen and oxygen atoms in total. The summed E-state index contributed by atoms with van der Waals surface area (Å²) in [6.45, 7) is 12.2. The maximum atomic E-state index is 4.16. The van der Waals surface area contributed by atoms with Gasteiger partial charge < -0.3 is 0 Å². The number of rotatable bonds is 4. The smallest absolute Gasteiger partial charge is 0.115 e. The van der Waals surface area contributed by atoms with Gasteiger partial charge in [0.1, 0.15) is 0 Å². The van der Waals surface area contributed by atoms with Crippen molar-refractivity contribution in [2.24, 2.45) is 0 Å². The Morgan fingerprint density at radius 1 is 0.864 bits per heavy atom. The fourth-order valence-electron chi connectivity index (χ4n) is 2.67. The van der Waals surface area contributed by atoms with Crippen molar-refractivity contribution in [3.63, 3.8) is 0 Å². The minimum atomic E-state index is -2.20. The number of allylic oxidation sites excluding steroid dienone is 2. The van der Waals surface area contributed by atoms with Gasteiger partial charge in [0, 0.05) is 0 Å². The van der Waals surface area contributed by atoms with Gasteiger partial charge in [-0.2, -0.15) is 0 Å². The van der Waals surface area contributed by atoms with Crippen molar-refractivity contribution in [1.29, 1.82) is 0 Å². The van der Waals surface area contributed by atoms with E-state index in [4.69, 9.17) is 0 Å². The summed E-state index contributed by atoms with van der Waals surface area (Å²) in [6.07, 6.45) is 0. The number of hydrogen-bond donors (Lipinski definition) is 0. The highest BCUT2D eigenvalue weighted by atomic mass is 28.3. The van der Waals surface area contributed by atoms with E-state index in [1.165, 1.54) is 15.9 Å². The second-order valence-electron chi connectivity index (χ2n) is 5.80. The van der Waals surface area contributed by atoms with Crippen molar-refractivity contribution in [3.05, 3.63) is 85.0 Å². The highest BCUT2D eigenvalue weighted by Crippen LogP contribution is 2.16. The molecule has 0 amide bonds. The lowest BCUT2D eigenvalue weighted by atomic mass is 10.4. The van der Waals surface area contributed by atoms with Gasteiger partial charge in [-0.3, -0.25) is 0 Å². The molecule has 0 spiro atoms. The Kier molecular flexibility index (Phi) is 5.20. The molecule has 0 aliphatic heterocycles. The van der Waals surface area contributed by atoms with Crippen LogP contribution in [0.25, 0.3) is 0 Å². The van der Waals surface area contributed by atoms with Gasteiger partial charge in [0.05, 0.1) is 0 Å². The lowest BCUT2D eigenvalue weighted by Crippen LogP contribution is -2.57. The zero-order valence-corrected chi connectivity index (χ0v) is 14.4. The van der Waals surface area contributed by atoms with Gasteiger partial charge in [0.15, 0.2) is 0 Å². The molecule has 2 aromatic carbocycles. The molecule has 2 aromatic rings. The minimum Gasteiger partial charge on any atom is -0.115 e. The summed E-state index contributed by atoms with van der Waals surface area (Å²) in [6, 6.07) is 22.3. The van der Waals surface area contributed by atoms with Crippen molar-refractivity contribution >= 4 is 18.4 Å². The van der Waals surface area contributed by atoms with E-state index in [-0.39, 0.29) is 0 Å². The van der Waals surface area contributed by atoms with Crippen LogP contribution in [-0.2, 0) is 0 Å². The molecule has 0 saturated carbocycles. The third-order valence-electron chi connectivity index (χ3n) is 3.59. The van der Waals surface area contributed by atoms with E-state index in [1.807, 2.05) is 6.92 Å². The fraction of sp³-hybridized carbons (Fsp3) is 0.143. The van der Waals surface area contributed by atoms with Gasteiger partial charge in [-0.25, -0.2) is 0 Å². The summed E-state index contributed by atoms with van der Waals surface area (Å²) in [5, 5.41) is 2.66. The molecule has 0 N–H and O–H groups in total. The average molecular weight is 302 g/mol. The lowest BCUT2D eigenvalue weighted by molar-refractivity contribution is 1.37. The highest BCUT2D eigenvalue weighted by Gasteiger charge is 2.35. The molecule has 0 bridgehead atoms. The first-order valence-electron chi connectivity index (χ1n) is 7.49. The van der Waals surface area contributed by atoms with Crippen LogP contribution in [0.1, 0.15) is 13.8 Å². The van der Waals surface area contributed by atoms with Crippen LogP contribution in [0.15, 0.2) is 85.0 Å². The van der Waals surface area contributed by atoms with E-state index < -0.39 is 8.07 Å². The van der Waals surface area contributed by atoms with E-state index in [2.05, 4.69) is 92.2 Å². The van der Waals surface area contributed by atoms with Gasteiger partial charge in [-0.1, -0.05) is 78.7 Å². The van der Waals surface area contributed by atoms with Gasteiger partial charge in [-0.05, 0) is 35.8 Å². The first-order chi connectivity index (χ1) is 10.5. The van der Waals surface area contributed by atoms with Crippen LogP contribution in [0.4, 0.5) is 0 Å². The molecule has 22 heavy (non-hydrogen) atoms. The van der Waals surface area contributed by atoms with Crippen LogP contribution < -0.4 is 10.4 Å². The first kappa shape index (κ1) is 16.1. The average Bonchev–Trinajstić information content (AvgIpc) is 2.53. The molecular formula is C21H22Si. The van der Waals surface area contributed by atoms with E-state index in [1.54, 1.807) is 0 Å². The molecule has 0 atom stereocenters. The fourth-order valence-corrected chi connectivity index (χ4v) is 6.64. The normalized spacial score (nSPS) is 10.5. The summed E-state index contributed by atoms with van der Waals surface area (Å²) in [4.78, 5) is 0. The third-order valence-corrected chi connectivity index (χ3v) is 7.91. The first-order valence-corrected chi connectivity index (χ1v) is 9.69. The van der Waals surface area contributed by atoms with Crippen LogP contribution in [0.3, 0.4) is 0 Å². The zero-order chi connectivity index (χ0) is 16.0. The molecule has 1 heteroatoms. The molecule has 2 rings (SSSR count). The Hall–Kier alpha value is -2.30. The van der Waals surface area contributed by atoms with Crippen LogP contribution >= 0.6 is 0 Å². The Bertz CT molecular complexity index is 675. The maximum absolute atomic E-state index is 4.16. The zero-order valence-electron chi connectivity index (χ0n) is 13.4. The lowest BCUT2D eigenvalue weighted by Gasteiger charge is -2.27. The SMILES string of the molecule is C=C(C)C#C[Si](CC(=C)C)(c1ccccc1)c1ccccc1. The van der Waals surface area contributed by atoms with Gasteiger partial charge in [-0.15, -0.1) is 12.1 Å². The van der Waals surface area contributed by atoms with Gasteiger partial charge in [0.2, 0.25) is 8.07 Å². The van der Waals surface area contributed by atoms with Crippen molar-refractivity contribution in [1.82, 2.24) is 0 Å². The summed E-state index contributed by atoms with van der Waals surface area (Å²) in [7, 11) is -2.20. The molecule has 0 fully saturated rings. The Morgan fingerprint density at radius 2 is 1.32 bits per heavy atom. The summed E-state index contributed by atoms with van der Waals surface area (Å²) < 4.78 is 0. The molecule has 0 aliphatic rings. The van der Waals surface area contributed by atoms with Gasteiger partial charge in [0.25, 0.3) is 0 Å².